The number of alkyl halides is 5. The Hall–Kier alpha value is -2.56. The van der Waals surface area contributed by atoms with Gasteiger partial charge in [-0.25, -0.2) is 0 Å². The van der Waals surface area contributed by atoms with E-state index in [9.17, 15) is 49.5 Å². The fourth-order valence-corrected chi connectivity index (χ4v) is 10.4. The topological polar surface area (TPSA) is 160 Å². The number of hydrogen-bond acceptors (Lipinski definition) is 10. The zero-order valence-corrected chi connectivity index (χ0v) is 27.0. The molecule has 0 bridgehead atoms. The van der Waals surface area contributed by atoms with Crippen molar-refractivity contribution in [2.24, 2.45) is 46.3 Å². The molecule has 47 heavy (non-hydrogen) atoms. The summed E-state index contributed by atoms with van der Waals surface area (Å²) in [5.74, 6) is -2.64. The van der Waals surface area contributed by atoms with Crippen LogP contribution in [0.15, 0.2) is 0 Å². The largest absolute Gasteiger partial charge is 0.465 e. The number of halogens is 5. The van der Waals surface area contributed by atoms with E-state index in [0.29, 0.717) is 57.9 Å². The summed E-state index contributed by atoms with van der Waals surface area (Å²) in [5, 5.41) is -5.83. The SMILES string of the molecule is C[C@H](CCC(=O)OC(C(F)(F)F)C(F)(F)S(=O)(=O)O)[C@H]1CC[C@H]2[C@@H]3C(OC=O)CC4CC(OC=O)CC[C@]4(C)[C@H]3CC(OC=O)[C@]12C. The number of rotatable bonds is 13. The van der Waals surface area contributed by atoms with Crippen molar-refractivity contribution in [1.29, 1.82) is 0 Å². The number of hydrogen-bond donors (Lipinski definition) is 1. The first-order chi connectivity index (χ1) is 21.8. The van der Waals surface area contributed by atoms with Crippen LogP contribution in [-0.4, -0.2) is 74.2 Å². The molecule has 0 aromatic carbocycles. The van der Waals surface area contributed by atoms with Gasteiger partial charge >= 0.3 is 27.5 Å². The highest BCUT2D eigenvalue weighted by atomic mass is 32.2. The first-order valence-electron chi connectivity index (χ1n) is 15.7. The predicted octanol–water partition coefficient (Wildman–Crippen LogP) is 4.86. The normalized spacial score (nSPS) is 38.4. The fourth-order valence-electron chi connectivity index (χ4n) is 9.95. The molecule has 0 aromatic heterocycles. The predicted molar refractivity (Wildman–Crippen MR) is 150 cm³/mol. The molecule has 0 heterocycles. The quantitative estimate of drug-likeness (QED) is 0.0917. The zero-order valence-electron chi connectivity index (χ0n) is 26.2. The maximum Gasteiger partial charge on any atom is 0.432 e. The third-order valence-electron chi connectivity index (χ3n) is 12.1. The Morgan fingerprint density at radius 3 is 2.15 bits per heavy atom. The van der Waals surface area contributed by atoms with Crippen LogP contribution in [0.3, 0.4) is 0 Å². The molecule has 0 saturated heterocycles. The third-order valence-corrected chi connectivity index (χ3v) is 13.0. The summed E-state index contributed by atoms with van der Waals surface area (Å²) in [6.45, 7) is 7.07. The maximum absolute atomic E-state index is 13.9. The summed E-state index contributed by atoms with van der Waals surface area (Å²) in [4.78, 5) is 46.9. The van der Waals surface area contributed by atoms with Crippen molar-refractivity contribution in [3.63, 3.8) is 0 Å². The van der Waals surface area contributed by atoms with Crippen LogP contribution < -0.4 is 0 Å². The Balaban J connectivity index is 1.56. The smallest absolute Gasteiger partial charge is 0.432 e. The van der Waals surface area contributed by atoms with E-state index in [1.54, 1.807) is 6.92 Å². The third kappa shape index (κ3) is 6.71. The lowest BCUT2D eigenvalue weighted by Gasteiger charge is -2.64. The van der Waals surface area contributed by atoms with Crippen LogP contribution >= 0.6 is 0 Å². The molecule has 0 spiro atoms. The van der Waals surface area contributed by atoms with Gasteiger partial charge in [-0.2, -0.15) is 30.4 Å². The molecule has 11 nitrogen and oxygen atoms in total. The molecule has 4 aliphatic carbocycles. The van der Waals surface area contributed by atoms with Crippen molar-refractivity contribution < 1.29 is 73.0 Å². The molecule has 0 aliphatic heterocycles. The maximum atomic E-state index is 13.9. The summed E-state index contributed by atoms with van der Waals surface area (Å²) < 4.78 is 119. The van der Waals surface area contributed by atoms with E-state index in [1.165, 1.54) is 0 Å². The van der Waals surface area contributed by atoms with Crippen LogP contribution in [-0.2, 0) is 48.2 Å². The minimum absolute atomic E-state index is 0.0285. The van der Waals surface area contributed by atoms with Crippen LogP contribution in [0.5, 0.6) is 0 Å². The van der Waals surface area contributed by atoms with Crippen molar-refractivity contribution in [3.8, 4) is 0 Å². The van der Waals surface area contributed by atoms with Crippen LogP contribution in [0.2, 0.25) is 0 Å². The van der Waals surface area contributed by atoms with Crippen LogP contribution in [0.25, 0.3) is 0 Å². The Morgan fingerprint density at radius 1 is 0.936 bits per heavy atom. The van der Waals surface area contributed by atoms with E-state index in [-0.39, 0.29) is 47.5 Å². The minimum atomic E-state index is -6.57. The number of fused-ring (bicyclic) bond motifs is 5. The molecule has 0 aromatic rings. The van der Waals surface area contributed by atoms with E-state index in [2.05, 4.69) is 11.7 Å². The van der Waals surface area contributed by atoms with E-state index in [4.69, 9.17) is 18.8 Å². The Bertz CT molecular complexity index is 1300. The lowest BCUT2D eigenvalue weighted by atomic mass is 9.43. The molecule has 1 N–H and O–H groups in total. The molecular formula is C30H41F5O11S. The van der Waals surface area contributed by atoms with Crippen molar-refractivity contribution in [3.05, 3.63) is 0 Å². The average molecular weight is 705 g/mol. The molecule has 12 atom stereocenters. The van der Waals surface area contributed by atoms with E-state index in [1.807, 2.05) is 6.92 Å². The van der Waals surface area contributed by atoms with Crippen molar-refractivity contribution in [2.75, 3.05) is 0 Å². The number of carbonyl (C=O) groups is 4. The molecule has 0 amide bonds. The van der Waals surface area contributed by atoms with Gasteiger partial charge < -0.3 is 18.9 Å². The number of esters is 1. The molecular weight excluding hydrogens is 663 g/mol. The van der Waals surface area contributed by atoms with E-state index in [0.717, 1.165) is 6.42 Å². The van der Waals surface area contributed by atoms with Crippen molar-refractivity contribution in [1.82, 2.24) is 0 Å². The van der Waals surface area contributed by atoms with Crippen LogP contribution in [0.1, 0.15) is 78.6 Å². The molecule has 268 valence electrons. The van der Waals surface area contributed by atoms with Gasteiger partial charge in [0.15, 0.2) is 0 Å². The summed E-state index contributed by atoms with van der Waals surface area (Å²) in [5.41, 5.74) is -0.960. The highest BCUT2D eigenvalue weighted by molar-refractivity contribution is 7.86. The highest BCUT2D eigenvalue weighted by Gasteiger charge is 2.68. The van der Waals surface area contributed by atoms with Crippen LogP contribution in [0.4, 0.5) is 22.0 Å². The molecule has 4 aliphatic rings. The number of carbonyl (C=O) groups excluding carboxylic acids is 4. The summed E-state index contributed by atoms with van der Waals surface area (Å²) >= 11 is 0. The zero-order chi connectivity index (χ0) is 35.2. The monoisotopic (exact) mass is 704 g/mol. The molecule has 0 radical (unpaired) electrons. The first-order valence-corrected chi connectivity index (χ1v) is 17.1. The van der Waals surface area contributed by atoms with Gasteiger partial charge in [-0.3, -0.25) is 23.7 Å². The highest BCUT2D eigenvalue weighted by Crippen LogP contribution is 2.69. The summed E-state index contributed by atoms with van der Waals surface area (Å²) in [7, 11) is -6.57. The Kier molecular flexibility index (Phi) is 10.6. The fraction of sp³-hybridized carbons (Fsp3) is 0.867. The second kappa shape index (κ2) is 13.4. The second-order valence-electron chi connectivity index (χ2n) is 14.1. The van der Waals surface area contributed by atoms with Gasteiger partial charge in [0.1, 0.15) is 18.3 Å². The lowest BCUT2D eigenvalue weighted by Crippen LogP contribution is -2.63. The van der Waals surface area contributed by atoms with Gasteiger partial charge in [0.05, 0.1) is 0 Å². The second-order valence-corrected chi connectivity index (χ2v) is 15.6. The van der Waals surface area contributed by atoms with Gasteiger partial charge in [-0.15, -0.1) is 0 Å². The molecule has 4 saturated carbocycles. The first kappa shape index (κ1) is 37.3. The van der Waals surface area contributed by atoms with Crippen molar-refractivity contribution >= 4 is 35.5 Å². The minimum Gasteiger partial charge on any atom is -0.465 e. The van der Waals surface area contributed by atoms with Gasteiger partial charge in [-0.1, -0.05) is 20.8 Å². The Morgan fingerprint density at radius 2 is 1.57 bits per heavy atom. The number of ether oxygens (including phenoxy) is 4. The van der Waals surface area contributed by atoms with Gasteiger partial charge in [0.2, 0.25) is 0 Å². The van der Waals surface area contributed by atoms with Gasteiger partial charge in [0, 0.05) is 17.8 Å². The van der Waals surface area contributed by atoms with Crippen LogP contribution in [0, 0.1) is 46.3 Å². The molecule has 17 heteroatoms. The van der Waals surface area contributed by atoms with Crippen molar-refractivity contribution in [2.45, 2.75) is 114 Å². The van der Waals surface area contributed by atoms with E-state index >= 15 is 0 Å². The average Bonchev–Trinajstić information content (AvgIpc) is 3.33. The van der Waals surface area contributed by atoms with E-state index < -0.39 is 63.6 Å². The summed E-state index contributed by atoms with van der Waals surface area (Å²) in [6.07, 6.45) is -8.48. The molecule has 4 fully saturated rings. The molecule has 4 rings (SSSR count). The van der Waals surface area contributed by atoms with Gasteiger partial charge in [-0.05, 0) is 86.4 Å². The Labute approximate surface area is 269 Å². The lowest BCUT2D eigenvalue weighted by molar-refractivity contribution is -0.259. The summed E-state index contributed by atoms with van der Waals surface area (Å²) in [6, 6.07) is 0. The van der Waals surface area contributed by atoms with Gasteiger partial charge in [0.25, 0.3) is 25.5 Å². The molecule has 5 unspecified atom stereocenters. The standard InChI is InChI=1S/C30H41F5O11S/c1-16(4-7-24(39)46-26(29(31,32)33)30(34,35)47(40,41)42)19-5-6-20-25-21(12-23(45-15-38)28(19,20)3)27(2)9-8-18(43-13-36)10-17(27)11-22(25)44-14-37/h13-23,25-26H,4-12H2,1-3H3,(H,40,41,42)/t16-,17?,18?,19-,20+,21+,22?,23?,25+,26?,27+,28-/m1/s1.